The number of nitrogens with one attached hydrogen (secondary N) is 1. The van der Waals surface area contributed by atoms with Crippen molar-refractivity contribution >= 4 is 0 Å². The predicted octanol–water partition coefficient (Wildman–Crippen LogP) is 3.96. The maximum absolute atomic E-state index is 5.73. The van der Waals surface area contributed by atoms with Crippen molar-refractivity contribution in [3.63, 3.8) is 0 Å². The molecule has 1 aliphatic heterocycles. The molecule has 1 atom stereocenters. The molecule has 1 heterocycles. The maximum Gasteiger partial charge on any atom is 0.165 e. The van der Waals surface area contributed by atoms with E-state index in [0.717, 1.165) is 28.6 Å². The summed E-state index contributed by atoms with van der Waals surface area (Å²) in [4.78, 5) is 0. The highest BCUT2D eigenvalue weighted by Gasteiger charge is 2.20. The Morgan fingerprint density at radius 1 is 1.00 bits per heavy atom. The summed E-state index contributed by atoms with van der Waals surface area (Å²) in [6.07, 6.45) is 0. The van der Waals surface area contributed by atoms with E-state index in [1.54, 1.807) is 14.2 Å². The van der Waals surface area contributed by atoms with Crippen LogP contribution in [0.2, 0.25) is 0 Å². The standard InChI is InChI=1S/C21H27NO4/c1-14(2)20(15-8-9-17-19(12-15)26-11-10-25-17)22-13-16-6-5-7-18(23-3)21(16)24-4/h5-9,12,14,20,22H,10-11,13H2,1-4H3. The van der Waals surface area contributed by atoms with E-state index in [4.69, 9.17) is 18.9 Å². The van der Waals surface area contributed by atoms with Crippen LogP contribution in [0.4, 0.5) is 0 Å². The molecular formula is C21H27NO4. The average Bonchev–Trinajstić information content (AvgIpc) is 2.67. The van der Waals surface area contributed by atoms with Crippen molar-refractivity contribution in [1.29, 1.82) is 0 Å². The van der Waals surface area contributed by atoms with Crippen LogP contribution >= 0.6 is 0 Å². The van der Waals surface area contributed by atoms with Crippen LogP contribution in [0.5, 0.6) is 23.0 Å². The van der Waals surface area contributed by atoms with Crippen molar-refractivity contribution in [2.45, 2.75) is 26.4 Å². The van der Waals surface area contributed by atoms with E-state index in [2.05, 4.69) is 37.4 Å². The van der Waals surface area contributed by atoms with Crippen LogP contribution in [0.15, 0.2) is 36.4 Å². The minimum atomic E-state index is 0.182. The SMILES string of the molecule is COc1cccc(CNC(c2ccc3c(c2)OCCO3)C(C)C)c1OC. The van der Waals surface area contributed by atoms with Gasteiger partial charge in [0, 0.05) is 18.2 Å². The Bertz CT molecular complexity index is 745. The molecule has 2 aromatic rings. The van der Waals surface area contributed by atoms with Crippen molar-refractivity contribution in [3.05, 3.63) is 47.5 Å². The van der Waals surface area contributed by atoms with Gasteiger partial charge in [-0.3, -0.25) is 0 Å². The zero-order valence-electron chi connectivity index (χ0n) is 15.9. The number of benzene rings is 2. The third kappa shape index (κ3) is 3.88. The summed E-state index contributed by atoms with van der Waals surface area (Å²) < 4.78 is 22.3. The largest absolute Gasteiger partial charge is 0.493 e. The van der Waals surface area contributed by atoms with Gasteiger partial charge >= 0.3 is 0 Å². The second-order valence-corrected chi connectivity index (χ2v) is 6.66. The third-order valence-corrected chi connectivity index (χ3v) is 4.59. The van der Waals surface area contributed by atoms with E-state index < -0.39 is 0 Å². The molecule has 5 heteroatoms. The fourth-order valence-corrected chi connectivity index (χ4v) is 3.30. The van der Waals surface area contributed by atoms with Gasteiger partial charge < -0.3 is 24.3 Å². The topological polar surface area (TPSA) is 49.0 Å². The number of fused-ring (bicyclic) bond motifs is 1. The molecule has 0 bridgehead atoms. The number of rotatable bonds is 7. The first-order valence-corrected chi connectivity index (χ1v) is 8.96. The molecule has 2 aromatic carbocycles. The molecule has 0 saturated carbocycles. The first-order valence-electron chi connectivity index (χ1n) is 8.96. The lowest BCUT2D eigenvalue weighted by molar-refractivity contribution is 0.171. The predicted molar refractivity (Wildman–Crippen MR) is 101 cm³/mol. The number of para-hydroxylation sites is 1. The Morgan fingerprint density at radius 3 is 2.46 bits per heavy atom. The first kappa shape index (κ1) is 18.4. The number of hydrogen-bond acceptors (Lipinski definition) is 5. The molecule has 26 heavy (non-hydrogen) atoms. The normalized spacial score (nSPS) is 14.2. The molecular weight excluding hydrogens is 330 g/mol. The van der Waals surface area contributed by atoms with E-state index in [1.165, 1.54) is 5.56 Å². The molecule has 3 rings (SSSR count). The fraction of sp³-hybridized carbons (Fsp3) is 0.429. The smallest absolute Gasteiger partial charge is 0.165 e. The molecule has 0 radical (unpaired) electrons. The number of ether oxygens (including phenoxy) is 4. The van der Waals surface area contributed by atoms with E-state index in [-0.39, 0.29) is 6.04 Å². The monoisotopic (exact) mass is 357 g/mol. The minimum Gasteiger partial charge on any atom is -0.493 e. The van der Waals surface area contributed by atoms with E-state index >= 15 is 0 Å². The Hall–Kier alpha value is -2.40. The van der Waals surface area contributed by atoms with Crippen molar-refractivity contribution in [3.8, 4) is 23.0 Å². The molecule has 5 nitrogen and oxygen atoms in total. The molecule has 0 saturated heterocycles. The molecule has 1 unspecified atom stereocenters. The van der Waals surface area contributed by atoms with Gasteiger partial charge in [-0.1, -0.05) is 32.0 Å². The second-order valence-electron chi connectivity index (χ2n) is 6.66. The maximum atomic E-state index is 5.73. The molecule has 0 amide bonds. The Labute approximate surface area is 155 Å². The second kappa shape index (κ2) is 8.32. The van der Waals surface area contributed by atoms with E-state index in [9.17, 15) is 0 Å². The molecule has 1 aliphatic rings. The molecule has 0 spiro atoms. The zero-order valence-corrected chi connectivity index (χ0v) is 15.9. The summed E-state index contributed by atoms with van der Waals surface area (Å²) in [6, 6.07) is 12.3. The average molecular weight is 357 g/mol. The van der Waals surface area contributed by atoms with Gasteiger partial charge in [0.05, 0.1) is 14.2 Å². The van der Waals surface area contributed by atoms with Gasteiger partial charge in [0.15, 0.2) is 23.0 Å². The molecule has 140 valence electrons. The van der Waals surface area contributed by atoms with Gasteiger partial charge in [-0.05, 0) is 29.7 Å². The Kier molecular flexibility index (Phi) is 5.89. The molecule has 0 aliphatic carbocycles. The van der Waals surface area contributed by atoms with Crippen LogP contribution in [0.25, 0.3) is 0 Å². The van der Waals surface area contributed by atoms with Crippen LogP contribution in [0.3, 0.4) is 0 Å². The Morgan fingerprint density at radius 2 is 1.77 bits per heavy atom. The zero-order chi connectivity index (χ0) is 18.5. The van der Waals surface area contributed by atoms with E-state index in [1.807, 2.05) is 18.2 Å². The quantitative estimate of drug-likeness (QED) is 0.813. The minimum absolute atomic E-state index is 0.182. The lowest BCUT2D eigenvalue weighted by Crippen LogP contribution is -2.26. The summed E-state index contributed by atoms with van der Waals surface area (Å²) in [6.45, 7) is 6.29. The van der Waals surface area contributed by atoms with Gasteiger partial charge in [-0.25, -0.2) is 0 Å². The van der Waals surface area contributed by atoms with Crippen LogP contribution in [0.1, 0.15) is 31.0 Å². The highest BCUT2D eigenvalue weighted by atomic mass is 16.6. The number of hydrogen-bond donors (Lipinski definition) is 1. The fourth-order valence-electron chi connectivity index (χ4n) is 3.30. The molecule has 1 N–H and O–H groups in total. The van der Waals surface area contributed by atoms with E-state index in [0.29, 0.717) is 25.7 Å². The highest BCUT2D eigenvalue weighted by Crippen LogP contribution is 2.35. The molecule has 0 aromatic heterocycles. The number of methoxy groups -OCH3 is 2. The van der Waals surface area contributed by atoms with Gasteiger partial charge in [-0.15, -0.1) is 0 Å². The third-order valence-electron chi connectivity index (χ3n) is 4.59. The van der Waals surface area contributed by atoms with Gasteiger partial charge in [0.1, 0.15) is 13.2 Å². The summed E-state index contributed by atoms with van der Waals surface area (Å²) in [5, 5.41) is 3.65. The van der Waals surface area contributed by atoms with Crippen molar-refractivity contribution in [1.82, 2.24) is 5.32 Å². The summed E-state index contributed by atoms with van der Waals surface area (Å²) in [5.41, 5.74) is 2.25. The van der Waals surface area contributed by atoms with Crippen LogP contribution in [-0.4, -0.2) is 27.4 Å². The van der Waals surface area contributed by atoms with Crippen LogP contribution in [0, 0.1) is 5.92 Å². The highest BCUT2D eigenvalue weighted by molar-refractivity contribution is 5.47. The van der Waals surface area contributed by atoms with Gasteiger partial charge in [0.2, 0.25) is 0 Å². The van der Waals surface area contributed by atoms with Crippen molar-refractivity contribution in [2.24, 2.45) is 5.92 Å². The first-order chi connectivity index (χ1) is 12.6. The summed E-state index contributed by atoms with van der Waals surface area (Å²) in [5.74, 6) is 3.56. The van der Waals surface area contributed by atoms with Gasteiger partial charge in [0.25, 0.3) is 0 Å². The summed E-state index contributed by atoms with van der Waals surface area (Å²) in [7, 11) is 3.32. The van der Waals surface area contributed by atoms with Crippen LogP contribution < -0.4 is 24.3 Å². The summed E-state index contributed by atoms with van der Waals surface area (Å²) >= 11 is 0. The lowest BCUT2D eigenvalue weighted by atomic mass is 9.95. The van der Waals surface area contributed by atoms with Crippen molar-refractivity contribution in [2.75, 3.05) is 27.4 Å². The van der Waals surface area contributed by atoms with Gasteiger partial charge in [-0.2, -0.15) is 0 Å². The molecule has 0 fully saturated rings. The van der Waals surface area contributed by atoms with Crippen molar-refractivity contribution < 1.29 is 18.9 Å². The van der Waals surface area contributed by atoms with Crippen LogP contribution in [-0.2, 0) is 6.54 Å². The Balaban J connectivity index is 1.80. The lowest BCUT2D eigenvalue weighted by Gasteiger charge is -2.26.